The van der Waals surface area contributed by atoms with Crippen LogP contribution in [0.2, 0.25) is 0 Å². The monoisotopic (exact) mass is 140 g/mol. The molecule has 0 saturated carbocycles. The second-order valence-electron chi connectivity index (χ2n) is 2.00. The maximum atomic E-state index is 4.98. The Balaban J connectivity index is 3.15. The van der Waals surface area contributed by atoms with Gasteiger partial charge in [-0.15, -0.1) is 0 Å². The molecule has 0 aromatic heterocycles. The Morgan fingerprint density at radius 3 is 2.60 bits per heavy atom. The van der Waals surface area contributed by atoms with E-state index in [4.69, 9.17) is 4.74 Å². The molecule has 0 aliphatic rings. The summed E-state index contributed by atoms with van der Waals surface area (Å²) in [5.74, 6) is 0. The van der Waals surface area contributed by atoms with Crippen LogP contribution in [0.1, 0.15) is 26.7 Å². The maximum Gasteiger partial charge on any atom is 0.0845 e. The summed E-state index contributed by atoms with van der Waals surface area (Å²) in [5, 5.41) is 0. The highest BCUT2D eigenvalue weighted by Crippen LogP contribution is 1.88. The SMILES string of the molecule is CCC/C=C/C=C/OCC. The molecule has 0 amide bonds. The second-order valence-corrected chi connectivity index (χ2v) is 2.00. The molecule has 0 heterocycles. The molecule has 0 rings (SSSR count). The molecule has 1 heteroatoms. The number of allylic oxidation sites excluding steroid dienone is 3. The van der Waals surface area contributed by atoms with Crippen molar-refractivity contribution in [2.75, 3.05) is 6.61 Å². The molecule has 0 aliphatic heterocycles. The summed E-state index contributed by atoms with van der Waals surface area (Å²) in [6.07, 6.45) is 10.1. The molecule has 0 aromatic carbocycles. The summed E-state index contributed by atoms with van der Waals surface area (Å²) in [4.78, 5) is 0. The molecule has 0 fully saturated rings. The van der Waals surface area contributed by atoms with E-state index in [-0.39, 0.29) is 0 Å². The Morgan fingerprint density at radius 2 is 2.00 bits per heavy atom. The van der Waals surface area contributed by atoms with Gasteiger partial charge in [0.25, 0.3) is 0 Å². The minimum atomic E-state index is 0.748. The molecule has 0 atom stereocenters. The Bertz CT molecular complexity index is 89.3. The van der Waals surface area contributed by atoms with Crippen molar-refractivity contribution in [3.05, 3.63) is 24.5 Å². The normalized spacial score (nSPS) is 11.4. The zero-order valence-electron chi connectivity index (χ0n) is 6.84. The van der Waals surface area contributed by atoms with Crippen LogP contribution >= 0.6 is 0 Å². The van der Waals surface area contributed by atoms with Gasteiger partial charge in [0, 0.05) is 0 Å². The third-order valence-electron chi connectivity index (χ3n) is 1.04. The van der Waals surface area contributed by atoms with Crippen LogP contribution in [-0.4, -0.2) is 6.61 Å². The molecule has 10 heavy (non-hydrogen) atoms. The largest absolute Gasteiger partial charge is 0.501 e. The predicted molar refractivity (Wildman–Crippen MR) is 44.8 cm³/mol. The molecule has 58 valence electrons. The van der Waals surface area contributed by atoms with Crippen LogP contribution in [-0.2, 0) is 4.74 Å². The first kappa shape index (κ1) is 9.28. The summed E-state index contributed by atoms with van der Waals surface area (Å²) < 4.78 is 4.98. The van der Waals surface area contributed by atoms with E-state index in [0.29, 0.717) is 0 Å². The topological polar surface area (TPSA) is 9.23 Å². The van der Waals surface area contributed by atoms with Gasteiger partial charge >= 0.3 is 0 Å². The summed E-state index contributed by atoms with van der Waals surface area (Å²) in [5.41, 5.74) is 0. The van der Waals surface area contributed by atoms with Crippen LogP contribution < -0.4 is 0 Å². The van der Waals surface area contributed by atoms with Crippen molar-refractivity contribution in [2.24, 2.45) is 0 Å². The molecule has 0 saturated heterocycles. The molecule has 0 unspecified atom stereocenters. The minimum Gasteiger partial charge on any atom is -0.501 e. The van der Waals surface area contributed by atoms with Gasteiger partial charge in [0.05, 0.1) is 12.9 Å². The Hall–Kier alpha value is -0.720. The third-order valence-corrected chi connectivity index (χ3v) is 1.04. The fraction of sp³-hybridized carbons (Fsp3) is 0.556. The van der Waals surface area contributed by atoms with Gasteiger partial charge in [0.1, 0.15) is 0 Å². The molecule has 0 spiro atoms. The number of unbranched alkanes of at least 4 members (excludes halogenated alkanes) is 1. The first-order valence-corrected chi connectivity index (χ1v) is 3.85. The van der Waals surface area contributed by atoms with Crippen LogP contribution in [0.4, 0.5) is 0 Å². The third kappa shape index (κ3) is 7.28. The zero-order chi connectivity index (χ0) is 7.66. The summed E-state index contributed by atoms with van der Waals surface area (Å²) in [6.45, 7) is 4.88. The van der Waals surface area contributed by atoms with E-state index >= 15 is 0 Å². The Labute approximate surface area is 63.4 Å². The fourth-order valence-corrected chi connectivity index (χ4v) is 0.539. The number of hydrogen-bond donors (Lipinski definition) is 0. The fourth-order valence-electron chi connectivity index (χ4n) is 0.539. The quantitative estimate of drug-likeness (QED) is 0.421. The van der Waals surface area contributed by atoms with Gasteiger partial charge in [-0.05, 0) is 19.4 Å². The molecular formula is C9H16O. The highest BCUT2D eigenvalue weighted by molar-refractivity contribution is 4.99. The van der Waals surface area contributed by atoms with Gasteiger partial charge in [-0.3, -0.25) is 0 Å². The van der Waals surface area contributed by atoms with Crippen molar-refractivity contribution in [1.29, 1.82) is 0 Å². The molecular weight excluding hydrogens is 124 g/mol. The van der Waals surface area contributed by atoms with Gasteiger partial charge in [-0.25, -0.2) is 0 Å². The summed E-state index contributed by atoms with van der Waals surface area (Å²) >= 11 is 0. The lowest BCUT2D eigenvalue weighted by Gasteiger charge is -1.88. The predicted octanol–water partition coefficient (Wildman–Crippen LogP) is 2.89. The molecule has 0 aromatic rings. The number of hydrogen-bond acceptors (Lipinski definition) is 1. The summed E-state index contributed by atoms with van der Waals surface area (Å²) in [6, 6.07) is 0. The summed E-state index contributed by atoms with van der Waals surface area (Å²) in [7, 11) is 0. The van der Waals surface area contributed by atoms with E-state index in [2.05, 4.69) is 13.0 Å². The zero-order valence-corrected chi connectivity index (χ0v) is 6.84. The van der Waals surface area contributed by atoms with Crippen LogP contribution in [0, 0.1) is 0 Å². The first-order valence-electron chi connectivity index (χ1n) is 3.85. The van der Waals surface area contributed by atoms with Crippen molar-refractivity contribution in [1.82, 2.24) is 0 Å². The van der Waals surface area contributed by atoms with E-state index in [0.717, 1.165) is 13.0 Å². The molecule has 0 bridgehead atoms. The molecule has 0 N–H and O–H groups in total. The smallest absolute Gasteiger partial charge is 0.0845 e. The van der Waals surface area contributed by atoms with Crippen LogP contribution in [0.3, 0.4) is 0 Å². The van der Waals surface area contributed by atoms with E-state index in [1.54, 1.807) is 6.26 Å². The van der Waals surface area contributed by atoms with Gasteiger partial charge in [0.2, 0.25) is 0 Å². The standard InChI is InChI=1S/C9H16O/c1-3-5-6-7-8-9-10-4-2/h6-9H,3-5H2,1-2H3/b7-6+,9-8+. The molecule has 1 nitrogen and oxygen atoms in total. The molecule has 0 radical (unpaired) electrons. The lowest BCUT2D eigenvalue weighted by molar-refractivity contribution is 0.269. The second kappa shape index (κ2) is 8.28. The van der Waals surface area contributed by atoms with Gasteiger partial charge in [-0.1, -0.05) is 25.5 Å². The maximum absolute atomic E-state index is 4.98. The van der Waals surface area contributed by atoms with Crippen molar-refractivity contribution in [2.45, 2.75) is 26.7 Å². The Morgan fingerprint density at radius 1 is 1.20 bits per heavy atom. The average molecular weight is 140 g/mol. The van der Waals surface area contributed by atoms with E-state index in [1.165, 1.54) is 6.42 Å². The first-order chi connectivity index (χ1) is 4.91. The lowest BCUT2D eigenvalue weighted by atomic mass is 10.3. The van der Waals surface area contributed by atoms with Gasteiger partial charge in [-0.2, -0.15) is 0 Å². The number of ether oxygens (including phenoxy) is 1. The van der Waals surface area contributed by atoms with Crippen LogP contribution in [0.25, 0.3) is 0 Å². The van der Waals surface area contributed by atoms with E-state index < -0.39 is 0 Å². The van der Waals surface area contributed by atoms with Crippen molar-refractivity contribution >= 4 is 0 Å². The van der Waals surface area contributed by atoms with Gasteiger partial charge < -0.3 is 4.74 Å². The van der Waals surface area contributed by atoms with Crippen molar-refractivity contribution < 1.29 is 4.74 Å². The minimum absolute atomic E-state index is 0.748. The highest BCUT2D eigenvalue weighted by atomic mass is 16.5. The molecule has 0 aliphatic carbocycles. The van der Waals surface area contributed by atoms with Crippen molar-refractivity contribution in [3.63, 3.8) is 0 Å². The van der Waals surface area contributed by atoms with Crippen LogP contribution in [0.5, 0.6) is 0 Å². The number of rotatable bonds is 5. The highest BCUT2D eigenvalue weighted by Gasteiger charge is 1.69. The van der Waals surface area contributed by atoms with E-state index in [1.807, 2.05) is 19.1 Å². The Kier molecular flexibility index (Phi) is 7.68. The van der Waals surface area contributed by atoms with Gasteiger partial charge in [0.15, 0.2) is 0 Å². The lowest BCUT2D eigenvalue weighted by Crippen LogP contribution is -1.74. The average Bonchev–Trinajstić information content (AvgIpc) is 1.97. The van der Waals surface area contributed by atoms with E-state index in [9.17, 15) is 0 Å². The van der Waals surface area contributed by atoms with Crippen molar-refractivity contribution in [3.8, 4) is 0 Å². The van der Waals surface area contributed by atoms with Crippen LogP contribution in [0.15, 0.2) is 24.5 Å².